The molecule has 1 fully saturated rings. The molecule has 1 saturated carbocycles. The molecule has 0 aromatic carbocycles. The van der Waals surface area contributed by atoms with Gasteiger partial charge in [0.15, 0.2) is 0 Å². The Balaban J connectivity index is 2.30. The summed E-state index contributed by atoms with van der Waals surface area (Å²) in [5.74, 6) is 1.09. The van der Waals surface area contributed by atoms with Gasteiger partial charge in [-0.2, -0.15) is 0 Å². The fourth-order valence-corrected chi connectivity index (χ4v) is 2.36. The van der Waals surface area contributed by atoms with E-state index in [4.69, 9.17) is 5.11 Å². The zero-order valence-corrected chi connectivity index (χ0v) is 8.91. The van der Waals surface area contributed by atoms with Crippen molar-refractivity contribution in [2.75, 3.05) is 0 Å². The Morgan fingerprint density at radius 3 is 2.50 bits per heavy atom. The highest BCUT2D eigenvalue weighted by Crippen LogP contribution is 2.35. The van der Waals surface area contributed by atoms with Crippen LogP contribution in [-0.4, -0.2) is 11.1 Å². The predicted molar refractivity (Wildman–Crippen MR) is 57.1 cm³/mol. The zero-order valence-electron chi connectivity index (χ0n) is 8.91. The summed E-state index contributed by atoms with van der Waals surface area (Å²) in [7, 11) is 0. The standard InChI is InChI=1S/C12H20O2/c1-3-9(2)11-6-4-10(5-7-11)8-12(13)14/h3,9-11H,1,4-8H2,2H3,(H,13,14). The molecular formula is C12H20O2. The summed E-state index contributed by atoms with van der Waals surface area (Å²) in [6, 6.07) is 0. The lowest BCUT2D eigenvalue weighted by Crippen LogP contribution is -2.20. The van der Waals surface area contributed by atoms with Gasteiger partial charge in [0.25, 0.3) is 0 Å². The first-order valence-corrected chi connectivity index (χ1v) is 5.47. The summed E-state index contributed by atoms with van der Waals surface area (Å²) in [5.41, 5.74) is 0. The summed E-state index contributed by atoms with van der Waals surface area (Å²) in [4.78, 5) is 10.5. The highest BCUT2D eigenvalue weighted by atomic mass is 16.4. The van der Waals surface area contributed by atoms with Crippen molar-refractivity contribution in [3.63, 3.8) is 0 Å². The molecule has 14 heavy (non-hydrogen) atoms. The van der Waals surface area contributed by atoms with Gasteiger partial charge in [-0.3, -0.25) is 4.79 Å². The topological polar surface area (TPSA) is 37.3 Å². The maximum absolute atomic E-state index is 10.5. The summed E-state index contributed by atoms with van der Waals surface area (Å²) in [6.45, 7) is 6.01. The van der Waals surface area contributed by atoms with Gasteiger partial charge in [0, 0.05) is 6.42 Å². The number of aliphatic carboxylic acids is 1. The fraction of sp³-hybridized carbons (Fsp3) is 0.750. The lowest BCUT2D eigenvalue weighted by Gasteiger charge is -2.30. The lowest BCUT2D eigenvalue weighted by atomic mass is 9.75. The van der Waals surface area contributed by atoms with E-state index < -0.39 is 5.97 Å². The molecule has 0 aromatic rings. The van der Waals surface area contributed by atoms with Crippen LogP contribution in [0.15, 0.2) is 12.7 Å². The Kier molecular flexibility index (Phi) is 4.18. The third kappa shape index (κ3) is 3.17. The molecule has 0 spiro atoms. The van der Waals surface area contributed by atoms with Gasteiger partial charge in [0.05, 0.1) is 0 Å². The molecule has 2 nitrogen and oxygen atoms in total. The smallest absolute Gasteiger partial charge is 0.303 e. The van der Waals surface area contributed by atoms with Crippen molar-refractivity contribution in [2.24, 2.45) is 17.8 Å². The number of carboxylic acids is 1. The molecule has 0 bridgehead atoms. The Morgan fingerprint density at radius 2 is 2.07 bits per heavy atom. The number of hydrogen-bond donors (Lipinski definition) is 1. The summed E-state index contributed by atoms with van der Waals surface area (Å²) in [6.07, 6.45) is 6.87. The van der Waals surface area contributed by atoms with Crippen LogP contribution in [0.5, 0.6) is 0 Å². The van der Waals surface area contributed by atoms with Crippen molar-refractivity contribution in [3.05, 3.63) is 12.7 Å². The number of hydrogen-bond acceptors (Lipinski definition) is 1. The Labute approximate surface area is 86.0 Å². The van der Waals surface area contributed by atoms with Gasteiger partial charge in [-0.15, -0.1) is 6.58 Å². The Morgan fingerprint density at radius 1 is 1.50 bits per heavy atom. The van der Waals surface area contributed by atoms with Crippen molar-refractivity contribution in [2.45, 2.75) is 39.0 Å². The molecule has 0 saturated heterocycles. The Hall–Kier alpha value is -0.790. The van der Waals surface area contributed by atoms with E-state index in [2.05, 4.69) is 13.5 Å². The third-order valence-electron chi connectivity index (χ3n) is 3.47. The summed E-state index contributed by atoms with van der Waals surface area (Å²) >= 11 is 0. The fourth-order valence-electron chi connectivity index (χ4n) is 2.36. The molecule has 1 atom stereocenters. The second-order valence-electron chi connectivity index (χ2n) is 4.47. The second kappa shape index (κ2) is 5.18. The van der Waals surface area contributed by atoms with E-state index >= 15 is 0 Å². The first-order valence-electron chi connectivity index (χ1n) is 5.47. The van der Waals surface area contributed by atoms with Gasteiger partial charge >= 0.3 is 5.97 Å². The second-order valence-corrected chi connectivity index (χ2v) is 4.47. The van der Waals surface area contributed by atoms with Gasteiger partial charge < -0.3 is 5.11 Å². The van der Waals surface area contributed by atoms with Crippen molar-refractivity contribution >= 4 is 5.97 Å². The monoisotopic (exact) mass is 196 g/mol. The van der Waals surface area contributed by atoms with E-state index in [-0.39, 0.29) is 0 Å². The SMILES string of the molecule is C=CC(C)C1CCC(CC(=O)O)CC1. The van der Waals surface area contributed by atoms with Crippen LogP contribution >= 0.6 is 0 Å². The van der Waals surface area contributed by atoms with Gasteiger partial charge in [-0.05, 0) is 43.4 Å². The van der Waals surface area contributed by atoms with Crippen LogP contribution in [0, 0.1) is 17.8 Å². The van der Waals surface area contributed by atoms with E-state index in [9.17, 15) is 4.79 Å². The molecular weight excluding hydrogens is 176 g/mol. The minimum atomic E-state index is -0.648. The van der Waals surface area contributed by atoms with E-state index in [1.165, 1.54) is 12.8 Å². The van der Waals surface area contributed by atoms with Crippen LogP contribution < -0.4 is 0 Å². The molecule has 0 amide bonds. The first-order chi connectivity index (χ1) is 6.63. The molecule has 1 rings (SSSR count). The minimum Gasteiger partial charge on any atom is -0.481 e. The molecule has 0 heterocycles. The molecule has 1 N–H and O–H groups in total. The van der Waals surface area contributed by atoms with E-state index in [1.54, 1.807) is 0 Å². The number of carboxylic acid groups (broad SMARTS) is 1. The minimum absolute atomic E-state index is 0.356. The van der Waals surface area contributed by atoms with Gasteiger partial charge in [0.1, 0.15) is 0 Å². The van der Waals surface area contributed by atoms with E-state index in [0.717, 1.165) is 18.8 Å². The quantitative estimate of drug-likeness (QED) is 0.701. The van der Waals surface area contributed by atoms with Crippen LogP contribution in [0.1, 0.15) is 39.0 Å². The molecule has 0 aromatic heterocycles. The predicted octanol–water partition coefficient (Wildman–Crippen LogP) is 3.09. The number of rotatable bonds is 4. The maximum Gasteiger partial charge on any atom is 0.303 e. The van der Waals surface area contributed by atoms with Crippen LogP contribution in [0.4, 0.5) is 0 Å². The molecule has 1 aliphatic carbocycles. The maximum atomic E-state index is 10.5. The molecule has 80 valence electrons. The highest BCUT2D eigenvalue weighted by molar-refractivity contribution is 5.67. The van der Waals surface area contributed by atoms with Crippen LogP contribution in [-0.2, 0) is 4.79 Å². The molecule has 1 unspecified atom stereocenters. The lowest BCUT2D eigenvalue weighted by molar-refractivity contribution is -0.138. The average Bonchev–Trinajstić information content (AvgIpc) is 2.17. The zero-order chi connectivity index (χ0) is 10.6. The van der Waals surface area contributed by atoms with Crippen LogP contribution in [0.3, 0.4) is 0 Å². The van der Waals surface area contributed by atoms with E-state index in [0.29, 0.717) is 18.3 Å². The van der Waals surface area contributed by atoms with Crippen molar-refractivity contribution in [3.8, 4) is 0 Å². The van der Waals surface area contributed by atoms with Crippen LogP contribution in [0.2, 0.25) is 0 Å². The van der Waals surface area contributed by atoms with Crippen molar-refractivity contribution in [1.82, 2.24) is 0 Å². The first kappa shape index (κ1) is 11.3. The van der Waals surface area contributed by atoms with Gasteiger partial charge in [0.2, 0.25) is 0 Å². The Bertz CT molecular complexity index is 202. The highest BCUT2D eigenvalue weighted by Gasteiger charge is 2.24. The van der Waals surface area contributed by atoms with Crippen molar-refractivity contribution < 1.29 is 9.90 Å². The van der Waals surface area contributed by atoms with Gasteiger partial charge in [-0.1, -0.05) is 13.0 Å². The average molecular weight is 196 g/mol. The van der Waals surface area contributed by atoms with Crippen LogP contribution in [0.25, 0.3) is 0 Å². The normalized spacial score (nSPS) is 29.5. The largest absolute Gasteiger partial charge is 0.481 e. The summed E-state index contributed by atoms with van der Waals surface area (Å²) in [5, 5.41) is 8.67. The molecule has 0 radical (unpaired) electrons. The molecule has 2 heteroatoms. The molecule has 1 aliphatic rings. The van der Waals surface area contributed by atoms with E-state index in [1.807, 2.05) is 6.08 Å². The van der Waals surface area contributed by atoms with Crippen molar-refractivity contribution in [1.29, 1.82) is 0 Å². The number of carbonyl (C=O) groups is 1. The third-order valence-corrected chi connectivity index (χ3v) is 3.47. The molecule has 0 aliphatic heterocycles. The summed E-state index contributed by atoms with van der Waals surface area (Å²) < 4.78 is 0. The van der Waals surface area contributed by atoms with Gasteiger partial charge in [-0.25, -0.2) is 0 Å². The number of allylic oxidation sites excluding steroid dienone is 1.